The van der Waals surface area contributed by atoms with Gasteiger partial charge in [0.1, 0.15) is 0 Å². The predicted molar refractivity (Wildman–Crippen MR) is 90.3 cm³/mol. The van der Waals surface area contributed by atoms with E-state index in [9.17, 15) is 5.11 Å². The zero-order valence-electron chi connectivity index (χ0n) is 14.3. The summed E-state index contributed by atoms with van der Waals surface area (Å²) in [7, 11) is 0. The van der Waals surface area contributed by atoms with Crippen molar-refractivity contribution in [3.8, 4) is 0 Å². The molecule has 0 amide bonds. The second kappa shape index (κ2) is 6.54. The summed E-state index contributed by atoms with van der Waals surface area (Å²) in [6, 6.07) is 0.727. The van der Waals surface area contributed by atoms with E-state index in [1.165, 1.54) is 37.1 Å². The predicted octanol–water partition coefficient (Wildman–Crippen LogP) is 1.67. The van der Waals surface area contributed by atoms with Crippen LogP contribution in [0.3, 0.4) is 0 Å². The van der Waals surface area contributed by atoms with Gasteiger partial charge in [0, 0.05) is 44.3 Å². The second-order valence-electron chi connectivity index (χ2n) is 7.90. The summed E-state index contributed by atoms with van der Waals surface area (Å²) >= 11 is 0. The highest BCUT2D eigenvalue weighted by molar-refractivity contribution is 5.18. The van der Waals surface area contributed by atoms with E-state index >= 15 is 0 Å². The molecule has 3 aliphatic rings. The molecule has 5 nitrogen and oxygen atoms in total. The molecule has 2 aliphatic heterocycles. The van der Waals surface area contributed by atoms with Crippen molar-refractivity contribution in [3.05, 3.63) is 17.7 Å². The SMILES string of the molecule is CC1CCN(C[C@@H](O)CN2CCc3c(ncn3C3CC3)C2)CC1. The molecule has 0 aromatic carbocycles. The van der Waals surface area contributed by atoms with Crippen molar-refractivity contribution in [2.75, 3.05) is 32.7 Å². The molecule has 1 N–H and O–H groups in total. The average molecular weight is 318 g/mol. The third-order valence-corrected chi connectivity index (χ3v) is 5.78. The minimum Gasteiger partial charge on any atom is -0.390 e. The highest BCUT2D eigenvalue weighted by Crippen LogP contribution is 2.37. The lowest BCUT2D eigenvalue weighted by atomic mass is 9.99. The zero-order valence-corrected chi connectivity index (χ0v) is 14.3. The van der Waals surface area contributed by atoms with Crippen LogP contribution in [0.25, 0.3) is 0 Å². The molecule has 1 aromatic rings. The fourth-order valence-corrected chi connectivity index (χ4v) is 4.11. The first kappa shape index (κ1) is 15.6. The largest absolute Gasteiger partial charge is 0.390 e. The highest BCUT2D eigenvalue weighted by Gasteiger charge is 2.30. The number of aromatic nitrogens is 2. The van der Waals surface area contributed by atoms with Crippen LogP contribution in [0.2, 0.25) is 0 Å². The standard InChI is InChI=1S/C18H30N4O/c1-14-4-7-20(8-5-14)10-16(23)11-21-9-6-18-17(12-21)19-13-22(18)15-2-3-15/h13-16,23H,2-12H2,1H3/t16-/m1/s1. The Kier molecular flexibility index (Phi) is 4.43. The third-order valence-electron chi connectivity index (χ3n) is 5.78. The Hall–Kier alpha value is -0.910. The molecular weight excluding hydrogens is 288 g/mol. The average Bonchev–Trinajstić information content (AvgIpc) is 3.29. The van der Waals surface area contributed by atoms with Gasteiger partial charge in [-0.2, -0.15) is 0 Å². The number of rotatable bonds is 5. The van der Waals surface area contributed by atoms with Gasteiger partial charge in [0.15, 0.2) is 0 Å². The van der Waals surface area contributed by atoms with Crippen LogP contribution in [-0.2, 0) is 13.0 Å². The Morgan fingerprint density at radius 3 is 2.61 bits per heavy atom. The first-order valence-corrected chi connectivity index (χ1v) is 9.36. The number of likely N-dealkylation sites (tertiary alicyclic amines) is 1. The molecule has 0 radical (unpaired) electrons. The molecule has 1 aromatic heterocycles. The Bertz CT molecular complexity index is 531. The fourth-order valence-electron chi connectivity index (χ4n) is 4.11. The van der Waals surface area contributed by atoms with Crippen molar-refractivity contribution in [3.63, 3.8) is 0 Å². The molecule has 3 heterocycles. The molecule has 0 unspecified atom stereocenters. The Morgan fingerprint density at radius 2 is 1.87 bits per heavy atom. The van der Waals surface area contributed by atoms with E-state index in [0.717, 1.165) is 57.6 Å². The smallest absolute Gasteiger partial charge is 0.0954 e. The highest BCUT2D eigenvalue weighted by atomic mass is 16.3. The summed E-state index contributed by atoms with van der Waals surface area (Å²) in [4.78, 5) is 9.44. The molecule has 23 heavy (non-hydrogen) atoms. The molecule has 0 bridgehead atoms. The minimum absolute atomic E-state index is 0.240. The van der Waals surface area contributed by atoms with Gasteiger partial charge in [-0.1, -0.05) is 6.92 Å². The number of aliphatic hydroxyl groups is 1. The van der Waals surface area contributed by atoms with Gasteiger partial charge in [-0.05, 0) is 44.7 Å². The number of imidazole rings is 1. The van der Waals surface area contributed by atoms with E-state index in [-0.39, 0.29) is 6.10 Å². The number of hydrogen-bond donors (Lipinski definition) is 1. The van der Waals surface area contributed by atoms with E-state index in [4.69, 9.17) is 0 Å². The van der Waals surface area contributed by atoms with Gasteiger partial charge in [0.05, 0.1) is 18.1 Å². The molecule has 128 valence electrons. The molecule has 1 saturated carbocycles. The van der Waals surface area contributed by atoms with Gasteiger partial charge in [0.25, 0.3) is 0 Å². The summed E-state index contributed by atoms with van der Waals surface area (Å²) in [6.45, 7) is 8.19. The van der Waals surface area contributed by atoms with Crippen LogP contribution in [-0.4, -0.2) is 63.3 Å². The first-order valence-electron chi connectivity index (χ1n) is 9.36. The first-order chi connectivity index (χ1) is 11.2. The molecular formula is C18H30N4O. The molecule has 5 heteroatoms. The maximum Gasteiger partial charge on any atom is 0.0954 e. The topological polar surface area (TPSA) is 44.5 Å². The van der Waals surface area contributed by atoms with Crippen molar-refractivity contribution in [1.82, 2.24) is 19.4 Å². The van der Waals surface area contributed by atoms with Crippen molar-refractivity contribution in [2.24, 2.45) is 5.92 Å². The van der Waals surface area contributed by atoms with Gasteiger partial charge >= 0.3 is 0 Å². The Labute approximate surface area is 139 Å². The maximum absolute atomic E-state index is 10.5. The van der Waals surface area contributed by atoms with E-state index in [2.05, 4.69) is 26.3 Å². The third kappa shape index (κ3) is 3.62. The van der Waals surface area contributed by atoms with Gasteiger partial charge < -0.3 is 14.6 Å². The number of fused-ring (bicyclic) bond motifs is 1. The lowest BCUT2D eigenvalue weighted by Gasteiger charge is -2.34. The lowest BCUT2D eigenvalue weighted by molar-refractivity contribution is 0.0570. The summed E-state index contributed by atoms with van der Waals surface area (Å²) in [5.41, 5.74) is 2.69. The van der Waals surface area contributed by atoms with Crippen molar-refractivity contribution < 1.29 is 5.11 Å². The number of β-amino-alcohol motifs (C(OH)–C–C–N with tert-alkyl or cyclic N) is 1. The van der Waals surface area contributed by atoms with E-state index in [1.807, 2.05) is 6.33 Å². The summed E-state index contributed by atoms with van der Waals surface area (Å²) in [5, 5.41) is 10.5. The van der Waals surface area contributed by atoms with Crippen LogP contribution in [0.5, 0.6) is 0 Å². The zero-order chi connectivity index (χ0) is 15.8. The van der Waals surface area contributed by atoms with Crippen LogP contribution in [0.15, 0.2) is 6.33 Å². The molecule has 0 spiro atoms. The number of piperidine rings is 1. The van der Waals surface area contributed by atoms with Gasteiger partial charge in [0.2, 0.25) is 0 Å². The summed E-state index contributed by atoms with van der Waals surface area (Å²) < 4.78 is 2.40. The van der Waals surface area contributed by atoms with Crippen LogP contribution < -0.4 is 0 Å². The van der Waals surface area contributed by atoms with Gasteiger partial charge in [-0.15, -0.1) is 0 Å². The fraction of sp³-hybridized carbons (Fsp3) is 0.833. The van der Waals surface area contributed by atoms with E-state index < -0.39 is 0 Å². The van der Waals surface area contributed by atoms with Gasteiger partial charge in [-0.3, -0.25) is 4.90 Å². The van der Waals surface area contributed by atoms with Crippen LogP contribution in [0, 0.1) is 5.92 Å². The second-order valence-corrected chi connectivity index (χ2v) is 7.90. The van der Waals surface area contributed by atoms with Crippen molar-refractivity contribution in [2.45, 2.75) is 57.7 Å². The Balaban J connectivity index is 1.28. The van der Waals surface area contributed by atoms with E-state index in [0.29, 0.717) is 0 Å². The van der Waals surface area contributed by atoms with Crippen LogP contribution in [0.4, 0.5) is 0 Å². The molecule has 1 saturated heterocycles. The Morgan fingerprint density at radius 1 is 1.13 bits per heavy atom. The molecule has 1 atom stereocenters. The molecule has 1 aliphatic carbocycles. The van der Waals surface area contributed by atoms with E-state index in [1.54, 1.807) is 0 Å². The van der Waals surface area contributed by atoms with Crippen molar-refractivity contribution in [1.29, 1.82) is 0 Å². The molecule has 4 rings (SSSR count). The van der Waals surface area contributed by atoms with Crippen molar-refractivity contribution >= 4 is 0 Å². The lowest BCUT2D eigenvalue weighted by Crippen LogP contribution is -2.44. The minimum atomic E-state index is -0.240. The van der Waals surface area contributed by atoms with Crippen LogP contribution in [0.1, 0.15) is 50.0 Å². The quantitative estimate of drug-likeness (QED) is 0.897. The number of nitrogens with zero attached hydrogens (tertiary/aromatic N) is 4. The van der Waals surface area contributed by atoms with Crippen LogP contribution >= 0.6 is 0 Å². The number of hydrogen-bond acceptors (Lipinski definition) is 4. The number of aliphatic hydroxyl groups excluding tert-OH is 1. The molecule has 2 fully saturated rings. The monoisotopic (exact) mass is 318 g/mol. The summed E-state index contributed by atoms with van der Waals surface area (Å²) in [6.07, 6.45) is 8.07. The normalized spacial score (nSPS) is 25.5. The van der Waals surface area contributed by atoms with Gasteiger partial charge in [-0.25, -0.2) is 4.98 Å². The summed E-state index contributed by atoms with van der Waals surface area (Å²) in [5.74, 6) is 0.852. The maximum atomic E-state index is 10.5.